The van der Waals surface area contributed by atoms with Crippen LogP contribution in [0.1, 0.15) is 21.8 Å². The fourth-order valence-electron chi connectivity index (χ4n) is 1.32. The van der Waals surface area contributed by atoms with Crippen molar-refractivity contribution in [3.63, 3.8) is 0 Å². The van der Waals surface area contributed by atoms with Crippen molar-refractivity contribution < 1.29 is 4.79 Å². The Labute approximate surface area is 73.6 Å². The molecule has 5 heteroatoms. The summed E-state index contributed by atoms with van der Waals surface area (Å²) in [7, 11) is 0. The number of carbonyl (C=O) groups is 1. The highest BCUT2D eigenvalue weighted by Crippen LogP contribution is 2.27. The molecule has 0 fully saturated rings. The van der Waals surface area contributed by atoms with Crippen molar-refractivity contribution in [1.82, 2.24) is 4.98 Å². The third-order valence-corrected chi connectivity index (χ3v) is 2.91. The van der Waals surface area contributed by atoms with E-state index < -0.39 is 0 Å². The van der Waals surface area contributed by atoms with Crippen molar-refractivity contribution in [3.8, 4) is 0 Å². The van der Waals surface area contributed by atoms with E-state index in [9.17, 15) is 4.79 Å². The number of nitrogens with two attached hydrogens (primary N) is 2. The lowest BCUT2D eigenvalue weighted by Crippen LogP contribution is -2.34. The molecule has 1 aromatic rings. The van der Waals surface area contributed by atoms with Gasteiger partial charge < -0.3 is 11.5 Å². The second kappa shape index (κ2) is 2.53. The van der Waals surface area contributed by atoms with Gasteiger partial charge in [0.15, 0.2) is 10.9 Å². The van der Waals surface area contributed by atoms with Crippen LogP contribution >= 0.6 is 11.3 Å². The molecule has 1 atom stereocenters. The molecule has 64 valence electrons. The van der Waals surface area contributed by atoms with Crippen LogP contribution in [0, 0.1) is 0 Å². The molecule has 4 nitrogen and oxygen atoms in total. The summed E-state index contributed by atoms with van der Waals surface area (Å²) in [4.78, 5) is 16.1. The number of carbonyl (C=O) groups excluding carboxylic acids is 1. The van der Waals surface area contributed by atoms with E-state index in [1.807, 2.05) is 0 Å². The van der Waals surface area contributed by atoms with Gasteiger partial charge in [0, 0.05) is 0 Å². The number of hydrogen-bond acceptors (Lipinski definition) is 5. The predicted octanol–water partition coefficient (Wildman–Crippen LogP) is 0.182. The van der Waals surface area contributed by atoms with E-state index in [1.165, 1.54) is 11.3 Å². The van der Waals surface area contributed by atoms with Gasteiger partial charge >= 0.3 is 0 Å². The van der Waals surface area contributed by atoms with Crippen molar-refractivity contribution in [2.75, 3.05) is 5.73 Å². The van der Waals surface area contributed by atoms with Crippen molar-refractivity contribution in [2.24, 2.45) is 5.73 Å². The second-order valence-corrected chi connectivity index (χ2v) is 3.87. The highest BCUT2D eigenvalue weighted by atomic mass is 32.1. The van der Waals surface area contributed by atoms with Gasteiger partial charge in [-0.25, -0.2) is 4.98 Å². The van der Waals surface area contributed by atoms with E-state index in [1.54, 1.807) is 0 Å². The van der Waals surface area contributed by atoms with Crippen LogP contribution in [-0.4, -0.2) is 16.8 Å². The second-order valence-electron chi connectivity index (χ2n) is 2.84. The molecule has 1 aliphatic carbocycles. The Bertz CT molecular complexity index is 333. The summed E-state index contributed by atoms with van der Waals surface area (Å²) in [5.41, 5.74) is 11.9. The highest BCUT2D eigenvalue weighted by molar-refractivity contribution is 7.17. The molecule has 1 aliphatic rings. The summed E-state index contributed by atoms with van der Waals surface area (Å²) in [5.74, 6) is -0.00884. The topological polar surface area (TPSA) is 82.0 Å². The zero-order valence-electron chi connectivity index (χ0n) is 6.41. The number of hydrogen-bond donors (Lipinski definition) is 2. The maximum Gasteiger partial charge on any atom is 0.191 e. The molecule has 1 aromatic heterocycles. The number of rotatable bonds is 0. The molecule has 0 amide bonds. The van der Waals surface area contributed by atoms with Crippen LogP contribution in [0.15, 0.2) is 0 Å². The van der Waals surface area contributed by atoms with E-state index in [-0.39, 0.29) is 11.8 Å². The Hall–Kier alpha value is -0.940. The highest BCUT2D eigenvalue weighted by Gasteiger charge is 2.27. The molecular formula is C7H9N3OS. The first kappa shape index (κ1) is 7.70. The maximum absolute atomic E-state index is 11.4. The summed E-state index contributed by atoms with van der Waals surface area (Å²) in [6.45, 7) is 0. The normalized spacial score (nSPS) is 22.4. The van der Waals surface area contributed by atoms with E-state index in [2.05, 4.69) is 4.98 Å². The number of ketones is 1. The molecule has 12 heavy (non-hydrogen) atoms. The Kier molecular flexibility index (Phi) is 1.62. The number of nitrogen functional groups attached to an aromatic ring is 1. The number of fused-ring (bicyclic) bond motifs is 1. The SMILES string of the molecule is Nc1nc2c(s1)C(=O)C(N)CC2. The lowest BCUT2D eigenvalue weighted by Gasteiger charge is -2.14. The Morgan fingerprint density at radius 3 is 3.08 bits per heavy atom. The van der Waals surface area contributed by atoms with E-state index in [4.69, 9.17) is 11.5 Å². The molecule has 4 N–H and O–H groups in total. The van der Waals surface area contributed by atoms with Crippen molar-refractivity contribution >= 4 is 22.3 Å². The van der Waals surface area contributed by atoms with Gasteiger partial charge in [0.1, 0.15) is 0 Å². The fraction of sp³-hybridized carbons (Fsp3) is 0.429. The lowest BCUT2D eigenvalue weighted by molar-refractivity contribution is 0.0952. The third kappa shape index (κ3) is 1.02. The molecule has 0 aromatic carbocycles. The molecule has 0 radical (unpaired) electrons. The minimum absolute atomic E-state index is 0.00884. The zero-order chi connectivity index (χ0) is 8.72. The molecule has 0 bridgehead atoms. The first-order valence-electron chi connectivity index (χ1n) is 3.73. The van der Waals surface area contributed by atoms with Gasteiger partial charge in [0.2, 0.25) is 0 Å². The number of aryl methyl sites for hydroxylation is 1. The summed E-state index contributed by atoms with van der Waals surface area (Å²) >= 11 is 1.24. The quantitative estimate of drug-likeness (QED) is 0.601. The van der Waals surface area contributed by atoms with Crippen molar-refractivity contribution in [1.29, 1.82) is 0 Å². The summed E-state index contributed by atoms with van der Waals surface area (Å²) in [6, 6.07) is -0.350. The van der Waals surface area contributed by atoms with Crippen LogP contribution in [0.4, 0.5) is 5.13 Å². The number of thiazole rings is 1. The van der Waals surface area contributed by atoms with Gasteiger partial charge in [-0.2, -0.15) is 0 Å². The summed E-state index contributed by atoms with van der Waals surface area (Å²) in [6.07, 6.45) is 1.46. The Morgan fingerprint density at radius 1 is 1.58 bits per heavy atom. The number of Topliss-reactive ketones (excluding diaryl/α,β-unsaturated/α-hetero) is 1. The van der Waals surface area contributed by atoms with E-state index in [0.29, 0.717) is 16.4 Å². The molecule has 0 saturated heterocycles. The molecule has 2 rings (SSSR count). The minimum Gasteiger partial charge on any atom is -0.375 e. The third-order valence-electron chi connectivity index (χ3n) is 1.97. The van der Waals surface area contributed by atoms with Gasteiger partial charge in [-0.3, -0.25) is 4.79 Å². The van der Waals surface area contributed by atoms with Crippen LogP contribution in [0.2, 0.25) is 0 Å². The van der Waals surface area contributed by atoms with Crippen LogP contribution in [0.5, 0.6) is 0 Å². The van der Waals surface area contributed by atoms with Crippen LogP contribution in [-0.2, 0) is 6.42 Å². The van der Waals surface area contributed by atoms with Gasteiger partial charge in [-0.15, -0.1) is 0 Å². The molecule has 0 saturated carbocycles. The number of aromatic nitrogens is 1. The average molecular weight is 183 g/mol. The first-order valence-corrected chi connectivity index (χ1v) is 4.55. The predicted molar refractivity (Wildman–Crippen MR) is 47.2 cm³/mol. The van der Waals surface area contributed by atoms with Crippen LogP contribution < -0.4 is 11.5 Å². The van der Waals surface area contributed by atoms with Gasteiger partial charge in [0.25, 0.3) is 0 Å². The van der Waals surface area contributed by atoms with Crippen molar-refractivity contribution in [2.45, 2.75) is 18.9 Å². The van der Waals surface area contributed by atoms with Gasteiger partial charge in [-0.05, 0) is 12.8 Å². The molecule has 0 aliphatic heterocycles. The zero-order valence-corrected chi connectivity index (χ0v) is 7.23. The molecule has 1 heterocycles. The summed E-state index contributed by atoms with van der Waals surface area (Å²) in [5, 5.41) is 0.461. The Balaban J connectivity index is 2.48. The average Bonchev–Trinajstić information content (AvgIpc) is 2.39. The van der Waals surface area contributed by atoms with E-state index >= 15 is 0 Å². The largest absolute Gasteiger partial charge is 0.375 e. The maximum atomic E-state index is 11.4. The van der Waals surface area contributed by atoms with Gasteiger partial charge in [0.05, 0.1) is 16.6 Å². The number of nitrogens with zero attached hydrogens (tertiary/aromatic N) is 1. The molecule has 1 unspecified atom stereocenters. The van der Waals surface area contributed by atoms with E-state index in [0.717, 1.165) is 12.1 Å². The number of anilines is 1. The monoisotopic (exact) mass is 183 g/mol. The van der Waals surface area contributed by atoms with Crippen LogP contribution in [0.25, 0.3) is 0 Å². The summed E-state index contributed by atoms with van der Waals surface area (Å²) < 4.78 is 0. The van der Waals surface area contributed by atoms with Crippen molar-refractivity contribution in [3.05, 3.63) is 10.6 Å². The standard InChI is InChI=1S/C7H9N3OS/c8-3-1-2-4-6(5(3)11)12-7(9)10-4/h3H,1-2,8H2,(H2,9,10). The Morgan fingerprint density at radius 2 is 2.33 bits per heavy atom. The molecular weight excluding hydrogens is 174 g/mol. The minimum atomic E-state index is -0.350. The fourth-order valence-corrected chi connectivity index (χ4v) is 2.21. The molecule has 0 spiro atoms. The smallest absolute Gasteiger partial charge is 0.191 e. The first-order chi connectivity index (χ1) is 5.68. The van der Waals surface area contributed by atoms with Crippen LogP contribution in [0.3, 0.4) is 0 Å². The lowest BCUT2D eigenvalue weighted by atomic mass is 9.97. The van der Waals surface area contributed by atoms with Gasteiger partial charge in [-0.1, -0.05) is 11.3 Å².